The lowest BCUT2D eigenvalue weighted by Gasteiger charge is -2.12. The molecule has 3 rings (SSSR count). The maximum Gasteiger partial charge on any atom is 0.573 e. The third-order valence-electron chi connectivity index (χ3n) is 3.07. The van der Waals surface area contributed by atoms with Gasteiger partial charge in [0, 0.05) is 6.20 Å². The van der Waals surface area contributed by atoms with Crippen LogP contribution in [0.4, 0.5) is 13.2 Å². The van der Waals surface area contributed by atoms with E-state index in [2.05, 4.69) is 14.7 Å². The number of hydrogen-bond acceptors (Lipinski definition) is 4. The number of ether oxygens (including phenoxy) is 1. The molecular weight excluding hydrogens is 331 g/mol. The zero-order chi connectivity index (χ0) is 16.6. The number of aromatic nitrogens is 3. The highest BCUT2D eigenvalue weighted by atomic mass is 32.2. The molecule has 1 aromatic carbocycles. The average molecular weight is 341 g/mol. The van der Waals surface area contributed by atoms with Gasteiger partial charge >= 0.3 is 6.36 Å². The minimum Gasteiger partial charge on any atom is -0.406 e. The van der Waals surface area contributed by atoms with Crippen LogP contribution in [-0.4, -0.2) is 27.2 Å². The van der Waals surface area contributed by atoms with Crippen molar-refractivity contribution in [1.29, 1.82) is 0 Å². The summed E-state index contributed by atoms with van der Waals surface area (Å²) in [6, 6.07) is 6.67. The zero-order valence-corrected chi connectivity index (χ0v) is 12.5. The van der Waals surface area contributed by atoms with Gasteiger partial charge in [-0.2, -0.15) is 0 Å². The van der Waals surface area contributed by atoms with E-state index in [1.807, 2.05) is 0 Å². The number of fused-ring (bicyclic) bond motifs is 1. The monoisotopic (exact) mass is 341 g/mol. The fraction of sp³-hybridized carbons (Fsp3) is 0.143. The summed E-state index contributed by atoms with van der Waals surface area (Å²) in [5.41, 5.74) is 0.571. The predicted molar refractivity (Wildman–Crippen MR) is 80.2 cm³/mol. The number of thioether (sulfide) groups is 1. The molecule has 23 heavy (non-hydrogen) atoms. The number of nitrogens with zero attached hydrogens (tertiary/aromatic N) is 2. The van der Waals surface area contributed by atoms with Crippen molar-refractivity contribution in [3.8, 4) is 11.4 Å². The van der Waals surface area contributed by atoms with E-state index in [-0.39, 0.29) is 11.3 Å². The Morgan fingerprint density at radius 3 is 2.52 bits per heavy atom. The molecular formula is C14H10F3N3O2S. The topological polar surface area (TPSA) is 59.9 Å². The molecule has 120 valence electrons. The molecule has 5 nitrogen and oxygen atoms in total. The van der Waals surface area contributed by atoms with Crippen LogP contribution in [0, 0.1) is 0 Å². The number of benzene rings is 1. The third kappa shape index (κ3) is 3.04. The normalized spacial score (nSPS) is 11.8. The van der Waals surface area contributed by atoms with E-state index in [1.54, 1.807) is 18.5 Å². The Labute approximate surface area is 132 Å². The highest BCUT2D eigenvalue weighted by molar-refractivity contribution is 7.98. The van der Waals surface area contributed by atoms with Gasteiger partial charge in [0.25, 0.3) is 5.56 Å². The van der Waals surface area contributed by atoms with Crippen molar-refractivity contribution in [1.82, 2.24) is 14.5 Å². The quantitative estimate of drug-likeness (QED) is 0.586. The standard InChI is InChI=1S/C14H10F3N3O2S/c1-23-13-19-11-10(6-7-18-11)12(21)20(13)8-2-4-9(5-3-8)22-14(15,16)17/h2-7,18H,1H3. The fourth-order valence-electron chi connectivity index (χ4n) is 2.14. The molecule has 0 bridgehead atoms. The van der Waals surface area contributed by atoms with Crippen LogP contribution in [0.2, 0.25) is 0 Å². The van der Waals surface area contributed by atoms with Gasteiger partial charge in [0.1, 0.15) is 11.4 Å². The van der Waals surface area contributed by atoms with Gasteiger partial charge in [0.15, 0.2) is 5.16 Å². The molecule has 0 aliphatic heterocycles. The zero-order valence-electron chi connectivity index (χ0n) is 11.7. The summed E-state index contributed by atoms with van der Waals surface area (Å²) in [7, 11) is 0. The smallest absolute Gasteiger partial charge is 0.406 e. The van der Waals surface area contributed by atoms with Gasteiger partial charge in [0.2, 0.25) is 0 Å². The van der Waals surface area contributed by atoms with Gasteiger partial charge in [-0.05, 0) is 36.6 Å². The largest absolute Gasteiger partial charge is 0.573 e. The summed E-state index contributed by atoms with van der Waals surface area (Å²) in [5, 5.41) is 0.827. The molecule has 0 spiro atoms. The summed E-state index contributed by atoms with van der Waals surface area (Å²) in [5.74, 6) is -0.351. The Morgan fingerprint density at radius 2 is 1.91 bits per heavy atom. The molecule has 0 amide bonds. The summed E-state index contributed by atoms with van der Waals surface area (Å²) in [4.78, 5) is 19.8. The molecule has 0 aliphatic carbocycles. The van der Waals surface area contributed by atoms with E-state index >= 15 is 0 Å². The van der Waals surface area contributed by atoms with Crippen molar-refractivity contribution in [2.75, 3.05) is 6.26 Å². The predicted octanol–water partition coefficient (Wildman–Crippen LogP) is 3.33. The Bertz CT molecular complexity index is 900. The average Bonchev–Trinajstić information content (AvgIpc) is 2.95. The van der Waals surface area contributed by atoms with E-state index < -0.39 is 6.36 Å². The van der Waals surface area contributed by atoms with Crippen molar-refractivity contribution in [2.45, 2.75) is 11.5 Å². The number of alkyl halides is 3. The molecule has 0 radical (unpaired) electrons. The lowest BCUT2D eigenvalue weighted by molar-refractivity contribution is -0.274. The first-order chi connectivity index (χ1) is 10.9. The van der Waals surface area contributed by atoms with Crippen molar-refractivity contribution in [3.05, 3.63) is 46.9 Å². The number of rotatable bonds is 3. The summed E-state index contributed by atoms with van der Waals surface area (Å²) in [6.45, 7) is 0. The molecule has 0 unspecified atom stereocenters. The molecule has 0 fully saturated rings. The first kappa shape index (κ1) is 15.5. The molecule has 1 N–H and O–H groups in total. The van der Waals surface area contributed by atoms with Crippen LogP contribution in [0.15, 0.2) is 46.5 Å². The second-order valence-electron chi connectivity index (χ2n) is 4.52. The second kappa shape index (κ2) is 5.65. The number of aromatic amines is 1. The van der Waals surface area contributed by atoms with Crippen LogP contribution < -0.4 is 10.3 Å². The highest BCUT2D eigenvalue weighted by Gasteiger charge is 2.31. The third-order valence-corrected chi connectivity index (χ3v) is 3.71. The van der Waals surface area contributed by atoms with E-state index in [0.717, 1.165) is 12.1 Å². The van der Waals surface area contributed by atoms with Crippen LogP contribution in [0.25, 0.3) is 16.7 Å². The van der Waals surface area contributed by atoms with E-state index in [4.69, 9.17) is 0 Å². The van der Waals surface area contributed by atoms with Crippen molar-refractivity contribution >= 4 is 22.8 Å². The lowest BCUT2D eigenvalue weighted by Crippen LogP contribution is -2.21. The molecule has 0 atom stereocenters. The number of H-pyrrole nitrogens is 1. The Kier molecular flexibility index (Phi) is 3.80. The van der Waals surface area contributed by atoms with Gasteiger partial charge in [0.05, 0.1) is 11.1 Å². The fourth-order valence-corrected chi connectivity index (χ4v) is 2.69. The minimum absolute atomic E-state index is 0.301. The Hall–Kier alpha value is -2.42. The van der Waals surface area contributed by atoms with Crippen molar-refractivity contribution in [3.63, 3.8) is 0 Å². The van der Waals surface area contributed by atoms with Crippen LogP contribution in [0.3, 0.4) is 0 Å². The van der Waals surface area contributed by atoms with Gasteiger partial charge in [-0.1, -0.05) is 11.8 Å². The van der Waals surface area contributed by atoms with Crippen LogP contribution in [0.1, 0.15) is 0 Å². The molecule has 3 aromatic rings. The van der Waals surface area contributed by atoms with Crippen LogP contribution >= 0.6 is 11.8 Å². The van der Waals surface area contributed by atoms with Crippen molar-refractivity contribution < 1.29 is 17.9 Å². The number of hydrogen-bond donors (Lipinski definition) is 1. The van der Waals surface area contributed by atoms with E-state index in [9.17, 15) is 18.0 Å². The molecule has 2 heterocycles. The molecule has 0 saturated heterocycles. The molecule has 9 heteroatoms. The number of halogens is 3. The Balaban J connectivity index is 2.09. The maximum absolute atomic E-state index is 12.6. The Morgan fingerprint density at radius 1 is 1.22 bits per heavy atom. The van der Waals surface area contributed by atoms with Crippen molar-refractivity contribution in [2.24, 2.45) is 0 Å². The first-order valence-corrected chi connectivity index (χ1v) is 7.62. The second-order valence-corrected chi connectivity index (χ2v) is 5.29. The van der Waals surface area contributed by atoms with E-state index in [0.29, 0.717) is 21.9 Å². The highest BCUT2D eigenvalue weighted by Crippen LogP contribution is 2.25. The molecule has 0 aliphatic rings. The van der Waals surface area contributed by atoms with Gasteiger partial charge in [-0.25, -0.2) is 4.98 Å². The molecule has 2 aromatic heterocycles. The molecule has 0 saturated carbocycles. The number of nitrogens with one attached hydrogen (secondary N) is 1. The summed E-state index contributed by atoms with van der Waals surface area (Å²) < 4.78 is 41.7. The first-order valence-electron chi connectivity index (χ1n) is 6.39. The van der Waals surface area contributed by atoms with Gasteiger partial charge in [-0.15, -0.1) is 13.2 Å². The minimum atomic E-state index is -4.76. The van der Waals surface area contributed by atoms with Crippen LogP contribution in [-0.2, 0) is 0 Å². The summed E-state index contributed by atoms with van der Waals surface area (Å²) in [6.07, 6.45) is -1.39. The lowest BCUT2D eigenvalue weighted by atomic mass is 10.3. The van der Waals surface area contributed by atoms with Gasteiger partial charge in [-0.3, -0.25) is 9.36 Å². The maximum atomic E-state index is 12.6. The van der Waals surface area contributed by atoms with Crippen LogP contribution in [0.5, 0.6) is 5.75 Å². The van der Waals surface area contributed by atoms with E-state index in [1.165, 1.54) is 28.5 Å². The summed E-state index contributed by atoms with van der Waals surface area (Å²) >= 11 is 1.26. The SMILES string of the molecule is CSc1nc2[nH]ccc2c(=O)n1-c1ccc(OC(F)(F)F)cc1. The van der Waals surface area contributed by atoms with Gasteiger partial charge < -0.3 is 9.72 Å².